The minimum Gasteiger partial charge on any atom is -0.336 e. The molecule has 1 aromatic carbocycles. The quantitative estimate of drug-likeness (QED) is 0.514. The summed E-state index contributed by atoms with van der Waals surface area (Å²) in [4.78, 5) is 22.1. The lowest BCUT2D eigenvalue weighted by molar-refractivity contribution is -0.116. The molecule has 0 aliphatic heterocycles. The van der Waals surface area contributed by atoms with Gasteiger partial charge < -0.3 is 4.52 Å². The first-order valence-electron chi connectivity index (χ1n) is 8.01. The average Bonchev–Trinajstić information content (AvgIpc) is 3.34. The molecule has 0 bridgehead atoms. The summed E-state index contributed by atoms with van der Waals surface area (Å²) in [5.74, 6) is -0.326. The Bertz CT molecular complexity index is 1060. The zero-order valence-corrected chi connectivity index (χ0v) is 15.0. The van der Waals surface area contributed by atoms with Gasteiger partial charge in [-0.2, -0.15) is 0 Å². The predicted molar refractivity (Wildman–Crippen MR) is 100 cm³/mol. The van der Waals surface area contributed by atoms with Crippen molar-refractivity contribution in [3.8, 4) is 22.5 Å². The maximum Gasteiger partial charge on any atom is 0.249 e. The Hall–Kier alpha value is -3.39. The third-order valence-corrected chi connectivity index (χ3v) is 4.73. The second-order valence-electron chi connectivity index (χ2n) is 5.62. The van der Waals surface area contributed by atoms with Gasteiger partial charge in [0.25, 0.3) is 0 Å². The summed E-state index contributed by atoms with van der Waals surface area (Å²) < 4.78 is 18.9. The van der Waals surface area contributed by atoms with Gasteiger partial charge in [-0.05, 0) is 47.8 Å². The fourth-order valence-electron chi connectivity index (χ4n) is 2.70. The fourth-order valence-corrected chi connectivity index (χ4v) is 3.47. The number of carbonyl (C=O) groups is 1. The first kappa shape index (κ1) is 17.0. The molecular formula is C19H13FN4O2S. The Kier molecular flexibility index (Phi) is 4.47. The number of thiophene rings is 1. The lowest BCUT2D eigenvalue weighted by Gasteiger charge is -2.16. The largest absolute Gasteiger partial charge is 0.336 e. The number of hydrogen-bond donors (Lipinski definition) is 0. The Morgan fingerprint density at radius 2 is 2.00 bits per heavy atom. The van der Waals surface area contributed by atoms with Gasteiger partial charge in [-0.25, -0.2) is 19.3 Å². The van der Waals surface area contributed by atoms with E-state index in [2.05, 4.69) is 15.1 Å². The van der Waals surface area contributed by atoms with E-state index in [1.54, 1.807) is 24.4 Å². The van der Waals surface area contributed by atoms with Crippen molar-refractivity contribution >= 4 is 28.1 Å². The van der Waals surface area contributed by atoms with Crippen molar-refractivity contribution in [1.82, 2.24) is 15.1 Å². The highest BCUT2D eigenvalue weighted by atomic mass is 32.1. The highest BCUT2D eigenvalue weighted by Crippen LogP contribution is 2.42. The number of rotatable bonds is 4. The molecule has 8 heteroatoms. The highest BCUT2D eigenvalue weighted by Gasteiger charge is 2.28. The summed E-state index contributed by atoms with van der Waals surface area (Å²) >= 11 is 1.40. The molecule has 4 aromatic rings. The van der Waals surface area contributed by atoms with Crippen molar-refractivity contribution in [2.24, 2.45) is 0 Å². The van der Waals surface area contributed by atoms with Crippen LogP contribution in [0.4, 0.5) is 15.3 Å². The topological polar surface area (TPSA) is 72.1 Å². The molecular weight excluding hydrogens is 367 g/mol. The molecule has 0 fully saturated rings. The summed E-state index contributed by atoms with van der Waals surface area (Å²) in [7, 11) is 0. The Morgan fingerprint density at radius 3 is 2.63 bits per heavy atom. The van der Waals surface area contributed by atoms with Crippen LogP contribution >= 0.6 is 11.3 Å². The van der Waals surface area contributed by atoms with E-state index in [0.717, 1.165) is 0 Å². The van der Waals surface area contributed by atoms with Crippen molar-refractivity contribution < 1.29 is 13.7 Å². The number of halogens is 1. The van der Waals surface area contributed by atoms with Crippen LogP contribution in [-0.4, -0.2) is 21.0 Å². The lowest BCUT2D eigenvalue weighted by atomic mass is 10.0. The summed E-state index contributed by atoms with van der Waals surface area (Å²) in [5.41, 5.74) is 2.19. The highest BCUT2D eigenvalue weighted by molar-refractivity contribution is 7.14. The number of nitrogens with zero attached hydrogens (tertiary/aromatic N) is 4. The zero-order chi connectivity index (χ0) is 18.8. The second-order valence-corrected chi connectivity index (χ2v) is 6.54. The van der Waals surface area contributed by atoms with Gasteiger partial charge in [-0.15, -0.1) is 11.3 Å². The van der Waals surface area contributed by atoms with Gasteiger partial charge in [-0.3, -0.25) is 4.79 Å². The van der Waals surface area contributed by atoms with Crippen molar-refractivity contribution in [3.63, 3.8) is 0 Å². The number of anilines is 2. The number of carbonyl (C=O) groups excluding carboxylic acids is 1. The van der Waals surface area contributed by atoms with Gasteiger partial charge in [0.1, 0.15) is 22.8 Å². The molecule has 1 amide bonds. The fraction of sp³-hybridized carbons (Fsp3) is 0.0526. The normalized spacial score (nSPS) is 10.7. The van der Waals surface area contributed by atoms with E-state index < -0.39 is 0 Å². The standard InChI is InChI=1S/C19H13FN4O2S/c1-12(25)24(16-3-2-10-27-16)19-17(15-8-9-21-11-22-15)18(23-26-19)13-4-6-14(20)7-5-13/h2-11H,1H3. The van der Waals surface area contributed by atoms with Crippen LogP contribution in [0.25, 0.3) is 22.5 Å². The molecule has 0 radical (unpaired) electrons. The average molecular weight is 380 g/mol. The molecule has 0 unspecified atom stereocenters. The molecule has 0 N–H and O–H groups in total. The Balaban J connectivity index is 1.95. The first-order chi connectivity index (χ1) is 13.1. The van der Waals surface area contributed by atoms with Gasteiger partial charge in [-0.1, -0.05) is 5.16 Å². The van der Waals surface area contributed by atoms with Crippen LogP contribution in [0.5, 0.6) is 0 Å². The number of amides is 1. The summed E-state index contributed by atoms with van der Waals surface area (Å²) in [6.07, 6.45) is 3.00. The maximum absolute atomic E-state index is 13.3. The second kappa shape index (κ2) is 7.08. The number of hydrogen-bond acceptors (Lipinski definition) is 6. The van der Waals surface area contributed by atoms with Crippen molar-refractivity contribution in [1.29, 1.82) is 0 Å². The molecule has 3 aromatic heterocycles. The van der Waals surface area contributed by atoms with Crippen LogP contribution in [0.1, 0.15) is 6.92 Å². The molecule has 3 heterocycles. The van der Waals surface area contributed by atoms with E-state index in [1.807, 2.05) is 17.5 Å². The van der Waals surface area contributed by atoms with Gasteiger partial charge in [0.15, 0.2) is 0 Å². The molecule has 4 rings (SSSR count). The van der Waals surface area contributed by atoms with Crippen LogP contribution in [0, 0.1) is 5.82 Å². The SMILES string of the molecule is CC(=O)N(c1cccs1)c1onc(-c2ccc(F)cc2)c1-c1ccncn1. The van der Waals surface area contributed by atoms with Crippen LogP contribution in [0.2, 0.25) is 0 Å². The molecule has 6 nitrogen and oxygen atoms in total. The molecule has 0 aliphatic carbocycles. The van der Waals surface area contributed by atoms with Gasteiger partial charge in [0.05, 0.1) is 11.3 Å². The lowest BCUT2D eigenvalue weighted by Crippen LogP contribution is -2.21. The van der Waals surface area contributed by atoms with Crippen molar-refractivity contribution in [2.75, 3.05) is 4.90 Å². The first-order valence-corrected chi connectivity index (χ1v) is 8.89. The molecule has 0 saturated heterocycles. The van der Waals surface area contributed by atoms with Crippen molar-refractivity contribution in [3.05, 3.63) is 66.2 Å². The predicted octanol–water partition coefficient (Wildman–Crippen LogP) is 4.68. The molecule has 134 valence electrons. The van der Waals surface area contributed by atoms with E-state index >= 15 is 0 Å². The third-order valence-electron chi connectivity index (χ3n) is 3.87. The van der Waals surface area contributed by atoms with E-state index in [1.165, 1.54) is 41.6 Å². The van der Waals surface area contributed by atoms with E-state index in [9.17, 15) is 9.18 Å². The monoisotopic (exact) mass is 380 g/mol. The Morgan fingerprint density at radius 1 is 1.19 bits per heavy atom. The number of benzene rings is 1. The summed E-state index contributed by atoms with van der Waals surface area (Å²) in [6, 6.07) is 11.3. The molecule has 0 spiro atoms. The van der Waals surface area contributed by atoms with Gasteiger partial charge >= 0.3 is 0 Å². The Labute approximate surface area is 157 Å². The minimum absolute atomic E-state index is 0.227. The van der Waals surface area contributed by atoms with Crippen LogP contribution < -0.4 is 4.90 Å². The maximum atomic E-state index is 13.3. The molecule has 0 aliphatic rings. The van der Waals surface area contributed by atoms with Crippen molar-refractivity contribution in [2.45, 2.75) is 6.92 Å². The smallest absolute Gasteiger partial charge is 0.249 e. The molecule has 0 saturated carbocycles. The van der Waals surface area contributed by atoms with Gasteiger partial charge in [0, 0.05) is 18.7 Å². The van der Waals surface area contributed by atoms with Crippen LogP contribution in [0.3, 0.4) is 0 Å². The van der Waals surface area contributed by atoms with E-state index in [-0.39, 0.29) is 17.6 Å². The molecule has 27 heavy (non-hydrogen) atoms. The minimum atomic E-state index is -0.352. The third kappa shape index (κ3) is 3.22. The summed E-state index contributed by atoms with van der Waals surface area (Å²) in [5, 5.41) is 6.72. The zero-order valence-electron chi connectivity index (χ0n) is 14.2. The number of aromatic nitrogens is 3. The van der Waals surface area contributed by atoms with E-state index in [4.69, 9.17) is 4.52 Å². The van der Waals surface area contributed by atoms with E-state index in [0.29, 0.717) is 27.5 Å². The summed E-state index contributed by atoms with van der Waals surface area (Å²) in [6.45, 7) is 1.45. The molecule has 0 atom stereocenters. The van der Waals surface area contributed by atoms with Gasteiger partial charge in [0.2, 0.25) is 11.8 Å². The van der Waals surface area contributed by atoms with Crippen LogP contribution in [0.15, 0.2) is 64.9 Å². The van der Waals surface area contributed by atoms with Crippen LogP contribution in [-0.2, 0) is 4.79 Å².